The van der Waals surface area contributed by atoms with Crippen LogP contribution in [-0.4, -0.2) is 66.7 Å². The van der Waals surface area contributed by atoms with Gasteiger partial charge in [-0.05, 0) is 6.92 Å². The topological polar surface area (TPSA) is 84.6 Å². The third-order valence-corrected chi connectivity index (χ3v) is 3.47. The molecule has 0 aliphatic carbocycles. The molecule has 0 aromatic carbocycles. The SMILES string of the molecule is CC(CN(C)c1cncc(C(N)=O)n1)N1CCOCC1. The van der Waals surface area contributed by atoms with Gasteiger partial charge in [-0.1, -0.05) is 0 Å². The fourth-order valence-electron chi connectivity index (χ4n) is 2.28. The third kappa shape index (κ3) is 3.64. The van der Waals surface area contributed by atoms with E-state index >= 15 is 0 Å². The Hall–Kier alpha value is -1.73. The number of hydrogen-bond donors (Lipinski definition) is 1. The van der Waals surface area contributed by atoms with Gasteiger partial charge >= 0.3 is 0 Å². The normalized spacial score (nSPS) is 17.7. The third-order valence-electron chi connectivity index (χ3n) is 3.47. The summed E-state index contributed by atoms with van der Waals surface area (Å²) in [7, 11) is 1.94. The molecule has 0 saturated carbocycles. The molecule has 1 aromatic heterocycles. The van der Waals surface area contributed by atoms with E-state index < -0.39 is 5.91 Å². The smallest absolute Gasteiger partial charge is 0.268 e. The first kappa shape index (κ1) is 14.7. The van der Waals surface area contributed by atoms with Crippen molar-refractivity contribution in [1.29, 1.82) is 0 Å². The van der Waals surface area contributed by atoms with Crippen molar-refractivity contribution in [2.45, 2.75) is 13.0 Å². The summed E-state index contributed by atoms with van der Waals surface area (Å²) in [5.41, 5.74) is 5.41. The number of likely N-dealkylation sites (N-methyl/N-ethyl adjacent to an activating group) is 1. The summed E-state index contributed by atoms with van der Waals surface area (Å²) in [6.45, 7) is 6.43. The molecule has 1 saturated heterocycles. The van der Waals surface area contributed by atoms with Gasteiger partial charge in [-0.3, -0.25) is 14.7 Å². The first-order valence-corrected chi connectivity index (χ1v) is 6.72. The largest absolute Gasteiger partial charge is 0.379 e. The lowest BCUT2D eigenvalue weighted by Crippen LogP contribution is -2.47. The molecule has 2 rings (SSSR count). The number of carbonyl (C=O) groups excluding carboxylic acids is 1. The molecule has 0 radical (unpaired) electrons. The maximum Gasteiger partial charge on any atom is 0.268 e. The second-order valence-electron chi connectivity index (χ2n) is 5.00. The lowest BCUT2D eigenvalue weighted by Gasteiger charge is -2.34. The molecule has 2 heterocycles. The molecule has 7 heteroatoms. The molecular formula is C13H21N5O2. The van der Waals surface area contributed by atoms with E-state index in [9.17, 15) is 4.79 Å². The van der Waals surface area contributed by atoms with Crippen molar-refractivity contribution in [2.75, 3.05) is 44.8 Å². The highest BCUT2D eigenvalue weighted by Crippen LogP contribution is 2.11. The fraction of sp³-hybridized carbons (Fsp3) is 0.615. The second-order valence-corrected chi connectivity index (χ2v) is 5.00. The van der Waals surface area contributed by atoms with Crippen LogP contribution in [0.2, 0.25) is 0 Å². The van der Waals surface area contributed by atoms with Crippen LogP contribution in [0.25, 0.3) is 0 Å². The zero-order chi connectivity index (χ0) is 14.5. The van der Waals surface area contributed by atoms with E-state index in [1.165, 1.54) is 6.20 Å². The van der Waals surface area contributed by atoms with Crippen molar-refractivity contribution in [2.24, 2.45) is 5.73 Å². The summed E-state index contributed by atoms with van der Waals surface area (Å²) in [4.78, 5) is 23.7. The van der Waals surface area contributed by atoms with Crippen LogP contribution in [0, 0.1) is 0 Å². The van der Waals surface area contributed by atoms with Crippen LogP contribution in [0.1, 0.15) is 17.4 Å². The Morgan fingerprint density at radius 3 is 2.85 bits per heavy atom. The number of ether oxygens (including phenoxy) is 1. The Kier molecular flexibility index (Phi) is 4.86. The average molecular weight is 279 g/mol. The Bertz CT molecular complexity index is 462. The van der Waals surface area contributed by atoms with E-state index in [1.54, 1.807) is 6.20 Å². The molecule has 1 fully saturated rings. The monoisotopic (exact) mass is 279 g/mol. The second kappa shape index (κ2) is 6.62. The zero-order valence-electron chi connectivity index (χ0n) is 12.0. The van der Waals surface area contributed by atoms with Crippen molar-refractivity contribution in [1.82, 2.24) is 14.9 Å². The van der Waals surface area contributed by atoms with Crippen LogP contribution in [0.4, 0.5) is 5.82 Å². The van der Waals surface area contributed by atoms with Gasteiger partial charge in [0.05, 0.1) is 25.6 Å². The van der Waals surface area contributed by atoms with E-state index in [0.29, 0.717) is 11.9 Å². The molecule has 20 heavy (non-hydrogen) atoms. The highest BCUT2D eigenvalue weighted by molar-refractivity contribution is 5.90. The highest BCUT2D eigenvalue weighted by atomic mass is 16.5. The summed E-state index contributed by atoms with van der Waals surface area (Å²) >= 11 is 0. The van der Waals surface area contributed by atoms with Gasteiger partial charge in [0.2, 0.25) is 0 Å². The summed E-state index contributed by atoms with van der Waals surface area (Å²) < 4.78 is 5.35. The lowest BCUT2D eigenvalue weighted by atomic mass is 10.2. The summed E-state index contributed by atoms with van der Waals surface area (Å²) in [6, 6.07) is 0.378. The van der Waals surface area contributed by atoms with Gasteiger partial charge in [-0.25, -0.2) is 4.98 Å². The van der Waals surface area contributed by atoms with E-state index in [2.05, 4.69) is 21.8 Å². The van der Waals surface area contributed by atoms with E-state index in [4.69, 9.17) is 10.5 Å². The van der Waals surface area contributed by atoms with Crippen molar-refractivity contribution in [3.63, 3.8) is 0 Å². The summed E-state index contributed by atoms with van der Waals surface area (Å²) in [5, 5.41) is 0. The Balaban J connectivity index is 1.98. The highest BCUT2D eigenvalue weighted by Gasteiger charge is 2.19. The Morgan fingerprint density at radius 2 is 2.20 bits per heavy atom. The maximum absolute atomic E-state index is 11.1. The Morgan fingerprint density at radius 1 is 1.50 bits per heavy atom. The number of carbonyl (C=O) groups is 1. The average Bonchev–Trinajstić information content (AvgIpc) is 2.48. The molecular weight excluding hydrogens is 258 g/mol. The van der Waals surface area contributed by atoms with Crippen LogP contribution >= 0.6 is 0 Å². The minimum absolute atomic E-state index is 0.188. The molecule has 7 nitrogen and oxygen atoms in total. The standard InChI is InChI=1S/C13H21N5O2/c1-10(18-3-5-20-6-4-18)9-17(2)12-8-15-7-11(16-12)13(14)19/h7-8,10H,3-6,9H2,1-2H3,(H2,14,19). The van der Waals surface area contributed by atoms with Gasteiger partial charge < -0.3 is 15.4 Å². The van der Waals surface area contributed by atoms with E-state index in [0.717, 1.165) is 32.8 Å². The lowest BCUT2D eigenvalue weighted by molar-refractivity contribution is 0.0217. The van der Waals surface area contributed by atoms with Crippen molar-refractivity contribution < 1.29 is 9.53 Å². The number of aromatic nitrogens is 2. The molecule has 1 unspecified atom stereocenters. The summed E-state index contributed by atoms with van der Waals surface area (Å²) in [6.07, 6.45) is 3.02. The van der Waals surface area contributed by atoms with Gasteiger partial charge in [-0.2, -0.15) is 0 Å². The number of nitrogens with two attached hydrogens (primary N) is 1. The minimum Gasteiger partial charge on any atom is -0.379 e. The van der Waals surface area contributed by atoms with Crippen LogP contribution in [0.15, 0.2) is 12.4 Å². The zero-order valence-corrected chi connectivity index (χ0v) is 12.0. The minimum atomic E-state index is -0.561. The number of amides is 1. The first-order valence-electron chi connectivity index (χ1n) is 6.72. The number of primary amides is 1. The first-order chi connectivity index (χ1) is 9.58. The molecule has 0 spiro atoms. The van der Waals surface area contributed by atoms with E-state index in [1.807, 2.05) is 11.9 Å². The number of morpholine rings is 1. The predicted octanol–water partition coefficient (Wildman–Crippen LogP) is -0.268. The molecule has 1 aliphatic rings. The van der Waals surface area contributed by atoms with Crippen LogP contribution < -0.4 is 10.6 Å². The van der Waals surface area contributed by atoms with E-state index in [-0.39, 0.29) is 5.69 Å². The van der Waals surface area contributed by atoms with Crippen LogP contribution in [-0.2, 0) is 4.74 Å². The quantitative estimate of drug-likeness (QED) is 0.799. The molecule has 1 aliphatic heterocycles. The number of rotatable bonds is 5. The van der Waals surface area contributed by atoms with Gasteiger partial charge in [0.15, 0.2) is 0 Å². The number of hydrogen-bond acceptors (Lipinski definition) is 6. The van der Waals surface area contributed by atoms with Gasteiger partial charge in [0.1, 0.15) is 11.5 Å². The maximum atomic E-state index is 11.1. The molecule has 0 bridgehead atoms. The van der Waals surface area contributed by atoms with Crippen LogP contribution in [0.3, 0.4) is 0 Å². The van der Waals surface area contributed by atoms with Gasteiger partial charge in [0.25, 0.3) is 5.91 Å². The number of anilines is 1. The van der Waals surface area contributed by atoms with Crippen molar-refractivity contribution >= 4 is 11.7 Å². The van der Waals surface area contributed by atoms with Gasteiger partial charge in [0, 0.05) is 32.7 Å². The van der Waals surface area contributed by atoms with Crippen molar-refractivity contribution in [3.05, 3.63) is 18.1 Å². The van der Waals surface area contributed by atoms with Crippen molar-refractivity contribution in [3.8, 4) is 0 Å². The Labute approximate surface area is 118 Å². The predicted molar refractivity (Wildman–Crippen MR) is 75.7 cm³/mol. The fourth-order valence-corrected chi connectivity index (χ4v) is 2.28. The molecule has 2 N–H and O–H groups in total. The molecule has 1 amide bonds. The molecule has 110 valence electrons. The molecule has 1 atom stereocenters. The number of nitrogens with zero attached hydrogens (tertiary/aromatic N) is 4. The summed E-state index contributed by atoms with van der Waals surface area (Å²) in [5.74, 6) is 0.0930. The molecule has 1 aromatic rings. The van der Waals surface area contributed by atoms with Gasteiger partial charge in [-0.15, -0.1) is 0 Å². The van der Waals surface area contributed by atoms with Crippen LogP contribution in [0.5, 0.6) is 0 Å².